The first-order valence-corrected chi connectivity index (χ1v) is 4.78. The van der Waals surface area contributed by atoms with Gasteiger partial charge in [0, 0.05) is 5.56 Å². The highest BCUT2D eigenvalue weighted by atomic mass is 16.6. The maximum Gasteiger partial charge on any atom is 0.335 e. The molecule has 0 amide bonds. The number of carboxylic acids is 1. The largest absolute Gasteiger partial charge is 0.493 e. The number of methoxy groups -OCH3 is 2. The lowest BCUT2D eigenvalue weighted by atomic mass is 10.1. The average molecular weight is 224 g/mol. The summed E-state index contributed by atoms with van der Waals surface area (Å²) >= 11 is 0. The summed E-state index contributed by atoms with van der Waals surface area (Å²) in [4.78, 5) is 10.7. The van der Waals surface area contributed by atoms with Gasteiger partial charge in [-0.2, -0.15) is 0 Å². The molecule has 0 spiro atoms. The van der Waals surface area contributed by atoms with Crippen molar-refractivity contribution in [3.63, 3.8) is 0 Å². The highest BCUT2D eigenvalue weighted by Gasteiger charge is 2.48. The Morgan fingerprint density at radius 2 is 2.12 bits per heavy atom. The fourth-order valence-corrected chi connectivity index (χ4v) is 1.67. The van der Waals surface area contributed by atoms with Gasteiger partial charge in [0.15, 0.2) is 17.6 Å². The van der Waals surface area contributed by atoms with Crippen molar-refractivity contribution in [3.05, 3.63) is 23.8 Å². The van der Waals surface area contributed by atoms with Gasteiger partial charge in [-0.25, -0.2) is 4.79 Å². The summed E-state index contributed by atoms with van der Waals surface area (Å²) in [5.74, 6) is 0.133. The standard InChI is InChI=1S/C11H12O5/c1-14-7-5-3-4-6(8(7)15-2)9-10(16-9)11(12)13/h3-5,9-10H,1-2H3,(H,12,13)/t9-,10-/m1/s1. The molecule has 5 nitrogen and oxygen atoms in total. The van der Waals surface area contributed by atoms with Crippen molar-refractivity contribution in [1.29, 1.82) is 0 Å². The minimum atomic E-state index is -0.963. The molecule has 0 saturated carbocycles. The minimum Gasteiger partial charge on any atom is -0.493 e. The van der Waals surface area contributed by atoms with Gasteiger partial charge in [0.25, 0.3) is 0 Å². The summed E-state index contributed by atoms with van der Waals surface area (Å²) < 4.78 is 15.4. The van der Waals surface area contributed by atoms with Crippen LogP contribution in [0.1, 0.15) is 11.7 Å². The molecule has 0 unspecified atom stereocenters. The van der Waals surface area contributed by atoms with E-state index in [4.69, 9.17) is 19.3 Å². The Hall–Kier alpha value is -1.75. The fourth-order valence-electron chi connectivity index (χ4n) is 1.67. The first kappa shape index (κ1) is 10.8. The second-order valence-corrected chi connectivity index (χ2v) is 3.40. The van der Waals surface area contributed by atoms with Crippen LogP contribution in [0.3, 0.4) is 0 Å². The second kappa shape index (κ2) is 4.02. The third-order valence-corrected chi connectivity index (χ3v) is 2.47. The van der Waals surface area contributed by atoms with Crippen molar-refractivity contribution in [2.45, 2.75) is 12.2 Å². The highest BCUT2D eigenvalue weighted by molar-refractivity contribution is 5.76. The van der Waals surface area contributed by atoms with Gasteiger partial charge in [-0.05, 0) is 6.07 Å². The van der Waals surface area contributed by atoms with E-state index in [0.29, 0.717) is 17.1 Å². The van der Waals surface area contributed by atoms with E-state index >= 15 is 0 Å². The van der Waals surface area contributed by atoms with Crippen LogP contribution in [-0.2, 0) is 9.53 Å². The Bertz CT molecular complexity index is 415. The number of ether oxygens (including phenoxy) is 3. The van der Waals surface area contributed by atoms with Crippen molar-refractivity contribution in [2.24, 2.45) is 0 Å². The molecular weight excluding hydrogens is 212 g/mol. The molecule has 0 bridgehead atoms. The molecular formula is C11H12O5. The zero-order valence-corrected chi connectivity index (χ0v) is 8.97. The monoisotopic (exact) mass is 224 g/mol. The zero-order chi connectivity index (χ0) is 11.7. The van der Waals surface area contributed by atoms with Crippen LogP contribution in [0.4, 0.5) is 0 Å². The molecule has 1 aliphatic heterocycles. The van der Waals surface area contributed by atoms with Crippen LogP contribution in [0.5, 0.6) is 11.5 Å². The normalized spacial score (nSPS) is 22.6. The molecule has 2 rings (SSSR count). The summed E-state index contributed by atoms with van der Waals surface area (Å²) in [7, 11) is 3.05. The summed E-state index contributed by atoms with van der Waals surface area (Å²) in [6.45, 7) is 0. The third-order valence-electron chi connectivity index (χ3n) is 2.47. The Morgan fingerprint density at radius 3 is 2.62 bits per heavy atom. The van der Waals surface area contributed by atoms with Crippen LogP contribution in [0.2, 0.25) is 0 Å². The Kier molecular flexibility index (Phi) is 2.70. The van der Waals surface area contributed by atoms with Crippen LogP contribution >= 0.6 is 0 Å². The molecule has 16 heavy (non-hydrogen) atoms. The van der Waals surface area contributed by atoms with Gasteiger partial charge in [0.2, 0.25) is 0 Å². The van der Waals surface area contributed by atoms with Gasteiger partial charge in [-0.3, -0.25) is 0 Å². The number of benzene rings is 1. The molecule has 1 aliphatic rings. The molecule has 0 radical (unpaired) electrons. The van der Waals surface area contributed by atoms with Crippen LogP contribution in [0.15, 0.2) is 18.2 Å². The number of epoxide rings is 1. The van der Waals surface area contributed by atoms with Crippen LogP contribution < -0.4 is 9.47 Å². The van der Waals surface area contributed by atoms with Gasteiger partial charge in [0.05, 0.1) is 14.2 Å². The number of aliphatic carboxylic acids is 1. The molecule has 1 aromatic carbocycles. The van der Waals surface area contributed by atoms with Crippen molar-refractivity contribution >= 4 is 5.97 Å². The predicted octanol–water partition coefficient (Wildman–Crippen LogP) is 1.23. The summed E-state index contributed by atoms with van der Waals surface area (Å²) in [6, 6.07) is 5.30. The highest BCUT2D eigenvalue weighted by Crippen LogP contribution is 2.46. The van der Waals surface area contributed by atoms with E-state index in [1.807, 2.05) is 0 Å². The predicted molar refractivity (Wildman–Crippen MR) is 54.8 cm³/mol. The van der Waals surface area contributed by atoms with E-state index in [0.717, 1.165) is 0 Å². The van der Waals surface area contributed by atoms with Crippen molar-refractivity contribution in [1.82, 2.24) is 0 Å². The Balaban J connectivity index is 2.31. The topological polar surface area (TPSA) is 68.3 Å². The van der Waals surface area contributed by atoms with Gasteiger partial charge in [-0.1, -0.05) is 12.1 Å². The molecule has 1 fully saturated rings. The number of hydrogen-bond acceptors (Lipinski definition) is 4. The van der Waals surface area contributed by atoms with Crippen molar-refractivity contribution < 1.29 is 24.1 Å². The lowest BCUT2D eigenvalue weighted by Gasteiger charge is -2.10. The number of carbonyl (C=O) groups is 1. The average Bonchev–Trinajstić information content (AvgIpc) is 3.07. The summed E-state index contributed by atoms with van der Waals surface area (Å²) in [5.41, 5.74) is 0.703. The van der Waals surface area contributed by atoms with Gasteiger partial charge < -0.3 is 19.3 Å². The maximum absolute atomic E-state index is 10.7. The van der Waals surface area contributed by atoms with E-state index in [1.165, 1.54) is 14.2 Å². The third kappa shape index (κ3) is 1.69. The molecule has 1 aromatic rings. The van der Waals surface area contributed by atoms with Crippen LogP contribution in [0.25, 0.3) is 0 Å². The lowest BCUT2D eigenvalue weighted by molar-refractivity contribution is -0.138. The van der Waals surface area contributed by atoms with E-state index in [9.17, 15) is 4.79 Å². The molecule has 0 aromatic heterocycles. The fraction of sp³-hybridized carbons (Fsp3) is 0.364. The number of rotatable bonds is 4. The minimum absolute atomic E-state index is 0.442. The molecule has 1 heterocycles. The van der Waals surface area contributed by atoms with Crippen molar-refractivity contribution in [3.8, 4) is 11.5 Å². The zero-order valence-electron chi connectivity index (χ0n) is 8.97. The molecule has 2 atom stereocenters. The van der Waals surface area contributed by atoms with E-state index in [2.05, 4.69) is 0 Å². The number of para-hydroxylation sites is 1. The first-order chi connectivity index (χ1) is 7.69. The summed E-state index contributed by atoms with van der Waals surface area (Å²) in [6.07, 6.45) is -1.22. The second-order valence-electron chi connectivity index (χ2n) is 3.40. The smallest absolute Gasteiger partial charge is 0.335 e. The quantitative estimate of drug-likeness (QED) is 0.779. The lowest BCUT2D eigenvalue weighted by Crippen LogP contribution is -2.05. The SMILES string of the molecule is COc1cccc([C@H]2O[C@H]2C(=O)O)c1OC. The molecule has 5 heteroatoms. The molecule has 1 saturated heterocycles. The van der Waals surface area contributed by atoms with E-state index in [1.54, 1.807) is 18.2 Å². The van der Waals surface area contributed by atoms with Gasteiger partial charge in [-0.15, -0.1) is 0 Å². The van der Waals surface area contributed by atoms with Gasteiger partial charge >= 0.3 is 5.97 Å². The Morgan fingerprint density at radius 1 is 1.38 bits per heavy atom. The van der Waals surface area contributed by atoms with Gasteiger partial charge in [0.1, 0.15) is 6.10 Å². The molecule has 0 aliphatic carbocycles. The number of hydrogen-bond donors (Lipinski definition) is 1. The maximum atomic E-state index is 10.7. The van der Waals surface area contributed by atoms with E-state index < -0.39 is 18.2 Å². The first-order valence-electron chi connectivity index (χ1n) is 4.78. The number of carboxylic acid groups (broad SMARTS) is 1. The van der Waals surface area contributed by atoms with E-state index in [-0.39, 0.29) is 0 Å². The molecule has 86 valence electrons. The van der Waals surface area contributed by atoms with Crippen LogP contribution in [-0.4, -0.2) is 31.4 Å². The van der Waals surface area contributed by atoms with Crippen LogP contribution in [0, 0.1) is 0 Å². The summed E-state index contributed by atoms with van der Waals surface area (Å²) in [5, 5.41) is 8.78. The molecule has 1 N–H and O–H groups in total. The Labute approximate surface area is 92.5 Å². The van der Waals surface area contributed by atoms with Crippen molar-refractivity contribution in [2.75, 3.05) is 14.2 Å².